The molecule has 0 spiro atoms. The number of nitrogens with zero attached hydrogens (tertiary/aromatic N) is 2. The normalized spacial score (nSPS) is 12.0. The maximum absolute atomic E-state index is 12.9. The average Bonchev–Trinajstić information content (AvgIpc) is 2.86. The fourth-order valence-electron chi connectivity index (χ4n) is 1.85. The fraction of sp³-hybridized carbons (Fsp3) is 0.357. The van der Waals surface area contributed by atoms with Crippen LogP contribution in [0.1, 0.15) is 31.0 Å². The standard InChI is InChI=1S/C14H16F3N3O/c1-9(2)20-8-12(7-19-20)21-11-4-3-10(6-18)13(5-11)14(15,16)17/h3-5,7-9H,6,18H2,1-2H3. The summed E-state index contributed by atoms with van der Waals surface area (Å²) in [4.78, 5) is 0. The molecule has 7 heteroatoms. The quantitative estimate of drug-likeness (QED) is 0.935. The van der Waals surface area contributed by atoms with Gasteiger partial charge in [-0.2, -0.15) is 18.3 Å². The Morgan fingerprint density at radius 1 is 1.29 bits per heavy atom. The summed E-state index contributed by atoms with van der Waals surface area (Å²) in [6.07, 6.45) is -1.37. The fourth-order valence-corrected chi connectivity index (χ4v) is 1.85. The minimum absolute atomic E-state index is 0.0349. The van der Waals surface area contributed by atoms with Crippen molar-refractivity contribution >= 4 is 0 Å². The molecule has 0 saturated carbocycles. The number of halogens is 3. The van der Waals surface area contributed by atoms with Gasteiger partial charge in [0.2, 0.25) is 0 Å². The predicted octanol–water partition coefficient (Wildman–Crippen LogP) is 3.73. The van der Waals surface area contributed by atoms with Crippen LogP contribution in [-0.2, 0) is 12.7 Å². The van der Waals surface area contributed by atoms with E-state index in [0.717, 1.165) is 6.07 Å². The van der Waals surface area contributed by atoms with E-state index in [4.69, 9.17) is 10.5 Å². The lowest BCUT2D eigenvalue weighted by molar-refractivity contribution is -0.138. The monoisotopic (exact) mass is 299 g/mol. The highest BCUT2D eigenvalue weighted by molar-refractivity contribution is 5.39. The van der Waals surface area contributed by atoms with Crippen LogP contribution in [-0.4, -0.2) is 9.78 Å². The van der Waals surface area contributed by atoms with Crippen molar-refractivity contribution in [3.8, 4) is 11.5 Å². The molecule has 1 heterocycles. The molecule has 0 aliphatic carbocycles. The van der Waals surface area contributed by atoms with E-state index >= 15 is 0 Å². The molecule has 0 atom stereocenters. The van der Waals surface area contributed by atoms with Crippen molar-refractivity contribution in [1.82, 2.24) is 9.78 Å². The molecule has 114 valence electrons. The van der Waals surface area contributed by atoms with E-state index in [0.29, 0.717) is 5.75 Å². The molecule has 2 rings (SSSR count). The molecule has 2 N–H and O–H groups in total. The SMILES string of the molecule is CC(C)n1cc(Oc2ccc(CN)c(C(F)(F)F)c2)cn1. The lowest BCUT2D eigenvalue weighted by atomic mass is 10.1. The number of nitrogens with two attached hydrogens (primary N) is 1. The van der Waals surface area contributed by atoms with Crippen molar-refractivity contribution < 1.29 is 17.9 Å². The van der Waals surface area contributed by atoms with E-state index < -0.39 is 11.7 Å². The van der Waals surface area contributed by atoms with Crippen LogP contribution in [0, 0.1) is 0 Å². The average molecular weight is 299 g/mol. The smallest absolute Gasteiger partial charge is 0.416 e. The summed E-state index contributed by atoms with van der Waals surface area (Å²) in [5.41, 5.74) is 4.59. The topological polar surface area (TPSA) is 53.1 Å². The summed E-state index contributed by atoms with van der Waals surface area (Å²) in [7, 11) is 0. The number of aromatic nitrogens is 2. The number of benzene rings is 1. The molecule has 0 radical (unpaired) electrons. The zero-order valence-corrected chi connectivity index (χ0v) is 11.7. The van der Waals surface area contributed by atoms with Gasteiger partial charge in [-0.05, 0) is 31.5 Å². The van der Waals surface area contributed by atoms with Crippen LogP contribution in [0.5, 0.6) is 11.5 Å². The molecule has 0 amide bonds. The van der Waals surface area contributed by atoms with Crippen LogP contribution in [0.4, 0.5) is 13.2 Å². The van der Waals surface area contributed by atoms with E-state index in [2.05, 4.69) is 5.10 Å². The Bertz CT molecular complexity index is 620. The van der Waals surface area contributed by atoms with Crippen LogP contribution >= 0.6 is 0 Å². The maximum atomic E-state index is 12.9. The highest BCUT2D eigenvalue weighted by atomic mass is 19.4. The summed E-state index contributed by atoms with van der Waals surface area (Å²) >= 11 is 0. The largest absolute Gasteiger partial charge is 0.454 e. The molecular formula is C14H16F3N3O. The Morgan fingerprint density at radius 2 is 2.00 bits per heavy atom. The molecular weight excluding hydrogens is 283 g/mol. The van der Waals surface area contributed by atoms with Gasteiger partial charge in [-0.3, -0.25) is 4.68 Å². The number of rotatable bonds is 4. The Kier molecular flexibility index (Phi) is 4.22. The van der Waals surface area contributed by atoms with Gasteiger partial charge in [-0.25, -0.2) is 0 Å². The van der Waals surface area contributed by atoms with Crippen LogP contribution < -0.4 is 10.5 Å². The Labute approximate surface area is 120 Å². The first kappa shape index (κ1) is 15.4. The lowest BCUT2D eigenvalue weighted by Gasteiger charge is -2.13. The van der Waals surface area contributed by atoms with Gasteiger partial charge in [0.25, 0.3) is 0 Å². The van der Waals surface area contributed by atoms with Crippen LogP contribution in [0.25, 0.3) is 0 Å². The van der Waals surface area contributed by atoms with Crippen LogP contribution in [0.15, 0.2) is 30.6 Å². The molecule has 0 fully saturated rings. The maximum Gasteiger partial charge on any atom is 0.416 e. The molecule has 0 aliphatic rings. The third-order valence-corrected chi connectivity index (χ3v) is 2.95. The van der Waals surface area contributed by atoms with Crippen molar-refractivity contribution in [1.29, 1.82) is 0 Å². The van der Waals surface area contributed by atoms with Crippen molar-refractivity contribution in [3.05, 3.63) is 41.7 Å². The van der Waals surface area contributed by atoms with E-state index in [1.54, 1.807) is 10.9 Å². The zero-order valence-electron chi connectivity index (χ0n) is 11.7. The Hall–Kier alpha value is -2.02. The van der Waals surface area contributed by atoms with Crippen LogP contribution in [0.3, 0.4) is 0 Å². The van der Waals surface area contributed by atoms with E-state index in [1.165, 1.54) is 18.3 Å². The van der Waals surface area contributed by atoms with Crippen molar-refractivity contribution in [3.63, 3.8) is 0 Å². The zero-order chi connectivity index (χ0) is 15.6. The minimum Gasteiger partial charge on any atom is -0.454 e. The molecule has 1 aromatic carbocycles. The molecule has 4 nitrogen and oxygen atoms in total. The van der Waals surface area contributed by atoms with Crippen LogP contribution in [0.2, 0.25) is 0 Å². The summed E-state index contributed by atoms with van der Waals surface area (Å²) in [6.45, 7) is 3.70. The lowest BCUT2D eigenvalue weighted by Crippen LogP contribution is -2.11. The first-order valence-electron chi connectivity index (χ1n) is 6.43. The Morgan fingerprint density at radius 3 is 2.52 bits per heavy atom. The number of hydrogen-bond donors (Lipinski definition) is 1. The van der Waals surface area contributed by atoms with Crippen molar-refractivity contribution in [2.24, 2.45) is 5.73 Å². The second kappa shape index (κ2) is 5.77. The number of ether oxygens (including phenoxy) is 1. The highest BCUT2D eigenvalue weighted by Crippen LogP contribution is 2.35. The molecule has 0 saturated heterocycles. The highest BCUT2D eigenvalue weighted by Gasteiger charge is 2.33. The van der Waals surface area contributed by atoms with Crippen molar-refractivity contribution in [2.45, 2.75) is 32.6 Å². The third-order valence-electron chi connectivity index (χ3n) is 2.95. The molecule has 0 unspecified atom stereocenters. The first-order chi connectivity index (χ1) is 9.81. The summed E-state index contributed by atoms with van der Waals surface area (Å²) in [6, 6.07) is 3.89. The van der Waals surface area contributed by atoms with Gasteiger partial charge in [0.1, 0.15) is 5.75 Å². The second-order valence-corrected chi connectivity index (χ2v) is 4.87. The summed E-state index contributed by atoms with van der Waals surface area (Å²) in [5, 5.41) is 4.07. The number of hydrogen-bond acceptors (Lipinski definition) is 3. The van der Waals surface area contributed by atoms with Gasteiger partial charge in [-0.1, -0.05) is 6.07 Å². The van der Waals surface area contributed by atoms with E-state index in [1.807, 2.05) is 13.8 Å². The van der Waals surface area contributed by atoms with Gasteiger partial charge in [0.05, 0.1) is 18.0 Å². The van der Waals surface area contributed by atoms with E-state index in [9.17, 15) is 13.2 Å². The second-order valence-electron chi connectivity index (χ2n) is 4.87. The van der Waals surface area contributed by atoms with Gasteiger partial charge in [0, 0.05) is 12.6 Å². The van der Waals surface area contributed by atoms with Gasteiger partial charge in [0.15, 0.2) is 5.75 Å². The minimum atomic E-state index is -4.46. The number of alkyl halides is 3. The van der Waals surface area contributed by atoms with Crippen molar-refractivity contribution in [2.75, 3.05) is 0 Å². The summed E-state index contributed by atoms with van der Waals surface area (Å²) in [5.74, 6) is 0.486. The molecule has 2 aromatic rings. The third kappa shape index (κ3) is 3.55. The van der Waals surface area contributed by atoms with Gasteiger partial charge in [-0.15, -0.1) is 0 Å². The molecule has 21 heavy (non-hydrogen) atoms. The molecule has 0 bridgehead atoms. The predicted molar refractivity (Wildman–Crippen MR) is 72.0 cm³/mol. The van der Waals surface area contributed by atoms with Gasteiger partial charge < -0.3 is 10.5 Å². The first-order valence-corrected chi connectivity index (χ1v) is 6.43. The van der Waals surface area contributed by atoms with Gasteiger partial charge >= 0.3 is 6.18 Å². The molecule has 1 aromatic heterocycles. The van der Waals surface area contributed by atoms with E-state index in [-0.39, 0.29) is 23.9 Å². The molecule has 0 aliphatic heterocycles. The summed E-state index contributed by atoms with van der Waals surface area (Å²) < 4.78 is 45.9. The Balaban J connectivity index is 2.28.